The summed E-state index contributed by atoms with van der Waals surface area (Å²) in [6, 6.07) is 25.2. The van der Waals surface area contributed by atoms with Crippen molar-refractivity contribution in [1.82, 2.24) is 0 Å². The summed E-state index contributed by atoms with van der Waals surface area (Å²) in [6.07, 6.45) is -3.60. The van der Waals surface area contributed by atoms with Crippen molar-refractivity contribution in [2.45, 2.75) is 65.0 Å². The Bertz CT molecular complexity index is 1480. The molecule has 0 saturated carbocycles. The lowest BCUT2D eigenvalue weighted by molar-refractivity contribution is -0.137. The Morgan fingerprint density at radius 3 is 1.49 bits per heavy atom. The standard InChI is InChI=1S/C34H33F3/c1-32(2,3)30-19-26-23(17-28(30)21-11-8-7-9-12-21)15-24-18-29(31(20-27(24)26)33(4,5)6)22-13-10-14-25(16-22)34(35,36)37/h7-14,16-20H,15H2,1-6H3. The Labute approximate surface area is 218 Å². The summed E-state index contributed by atoms with van der Waals surface area (Å²) in [6.45, 7) is 13.1. The van der Waals surface area contributed by atoms with Gasteiger partial charge in [0.15, 0.2) is 0 Å². The molecule has 0 unspecified atom stereocenters. The third kappa shape index (κ3) is 4.72. The third-order valence-corrected chi connectivity index (χ3v) is 7.36. The van der Waals surface area contributed by atoms with Gasteiger partial charge in [0.25, 0.3) is 0 Å². The van der Waals surface area contributed by atoms with Gasteiger partial charge in [-0.2, -0.15) is 13.2 Å². The van der Waals surface area contributed by atoms with Crippen LogP contribution < -0.4 is 0 Å². The van der Waals surface area contributed by atoms with E-state index in [4.69, 9.17) is 0 Å². The maximum Gasteiger partial charge on any atom is 0.416 e. The molecule has 0 nitrogen and oxygen atoms in total. The highest BCUT2D eigenvalue weighted by atomic mass is 19.4. The van der Waals surface area contributed by atoms with Crippen LogP contribution in [0.25, 0.3) is 33.4 Å². The van der Waals surface area contributed by atoms with E-state index in [1.165, 1.54) is 51.1 Å². The van der Waals surface area contributed by atoms with Crippen LogP contribution in [0.1, 0.15) is 69.4 Å². The SMILES string of the molecule is CC(C)(C)c1cc2c(cc1-c1ccccc1)Cc1cc(-c3cccc(C(F)(F)F)c3)c(C(C)(C)C)cc1-2. The second-order valence-corrected chi connectivity index (χ2v) is 12.2. The molecule has 190 valence electrons. The fraction of sp³-hybridized carbons (Fsp3) is 0.294. The minimum absolute atomic E-state index is 0.0478. The highest BCUT2D eigenvalue weighted by Crippen LogP contribution is 2.47. The smallest absolute Gasteiger partial charge is 0.166 e. The minimum atomic E-state index is -4.37. The summed E-state index contributed by atoms with van der Waals surface area (Å²) in [5.74, 6) is 0. The zero-order chi connectivity index (χ0) is 26.8. The lowest BCUT2D eigenvalue weighted by atomic mass is 9.78. The molecule has 0 aliphatic heterocycles. The van der Waals surface area contributed by atoms with E-state index in [-0.39, 0.29) is 10.8 Å². The van der Waals surface area contributed by atoms with Crippen molar-refractivity contribution in [2.24, 2.45) is 0 Å². The summed E-state index contributed by atoms with van der Waals surface area (Å²) >= 11 is 0. The van der Waals surface area contributed by atoms with Gasteiger partial charge < -0.3 is 0 Å². The molecular weight excluding hydrogens is 465 g/mol. The Kier molecular flexibility index (Phi) is 5.90. The molecule has 1 aliphatic carbocycles. The molecule has 0 radical (unpaired) electrons. The van der Waals surface area contributed by atoms with Gasteiger partial charge in [-0.1, -0.05) is 84.0 Å². The zero-order valence-corrected chi connectivity index (χ0v) is 22.3. The van der Waals surface area contributed by atoms with Gasteiger partial charge >= 0.3 is 6.18 Å². The molecule has 0 spiro atoms. The molecule has 1 aliphatic rings. The van der Waals surface area contributed by atoms with Gasteiger partial charge in [-0.3, -0.25) is 0 Å². The largest absolute Gasteiger partial charge is 0.416 e. The van der Waals surface area contributed by atoms with E-state index in [0.29, 0.717) is 5.56 Å². The van der Waals surface area contributed by atoms with E-state index in [1.54, 1.807) is 6.07 Å². The topological polar surface area (TPSA) is 0 Å². The van der Waals surface area contributed by atoms with Gasteiger partial charge in [-0.25, -0.2) is 0 Å². The quantitative estimate of drug-likeness (QED) is 0.227. The number of alkyl halides is 3. The molecule has 37 heavy (non-hydrogen) atoms. The monoisotopic (exact) mass is 498 g/mol. The Morgan fingerprint density at radius 1 is 0.514 bits per heavy atom. The maximum atomic E-state index is 13.5. The summed E-state index contributed by atoms with van der Waals surface area (Å²) in [5.41, 5.74) is 10.3. The molecule has 0 saturated heterocycles. The molecule has 0 fully saturated rings. The van der Waals surface area contributed by atoms with Crippen LogP contribution in [0, 0.1) is 0 Å². The van der Waals surface area contributed by atoms with Crippen molar-refractivity contribution in [3.63, 3.8) is 0 Å². The van der Waals surface area contributed by atoms with Crippen molar-refractivity contribution in [3.05, 3.63) is 107 Å². The zero-order valence-electron chi connectivity index (χ0n) is 22.3. The summed E-state index contributed by atoms with van der Waals surface area (Å²) in [7, 11) is 0. The van der Waals surface area contributed by atoms with Crippen molar-refractivity contribution >= 4 is 0 Å². The average Bonchev–Trinajstić information content (AvgIpc) is 3.18. The predicted octanol–water partition coefficient (Wildman–Crippen LogP) is 10.2. The first-order valence-corrected chi connectivity index (χ1v) is 12.8. The number of hydrogen-bond donors (Lipinski definition) is 0. The lowest BCUT2D eigenvalue weighted by Gasteiger charge is -2.26. The lowest BCUT2D eigenvalue weighted by Crippen LogP contribution is -2.14. The second kappa shape index (κ2) is 8.62. The summed E-state index contributed by atoms with van der Waals surface area (Å²) < 4.78 is 40.6. The Balaban J connectivity index is 1.72. The van der Waals surface area contributed by atoms with Gasteiger partial charge in [0, 0.05) is 0 Å². The Morgan fingerprint density at radius 2 is 1.00 bits per heavy atom. The fourth-order valence-electron chi connectivity index (χ4n) is 5.49. The first-order valence-electron chi connectivity index (χ1n) is 12.8. The van der Waals surface area contributed by atoms with Crippen LogP contribution in [0.15, 0.2) is 78.9 Å². The minimum Gasteiger partial charge on any atom is -0.166 e. The van der Waals surface area contributed by atoms with E-state index in [0.717, 1.165) is 23.6 Å². The molecule has 5 rings (SSSR count). The van der Waals surface area contributed by atoms with Crippen LogP contribution in [0.5, 0.6) is 0 Å². The Hall–Kier alpha value is -3.33. The van der Waals surface area contributed by atoms with Crippen molar-refractivity contribution in [2.75, 3.05) is 0 Å². The molecule has 0 aromatic heterocycles. The van der Waals surface area contributed by atoms with Gasteiger partial charge in [0.1, 0.15) is 0 Å². The molecule has 0 bridgehead atoms. The normalized spacial score (nSPS) is 13.4. The molecule has 3 heteroatoms. The van der Waals surface area contributed by atoms with E-state index in [2.05, 4.69) is 90.1 Å². The van der Waals surface area contributed by atoms with E-state index >= 15 is 0 Å². The molecule has 0 amide bonds. The van der Waals surface area contributed by atoms with Gasteiger partial charge in [-0.15, -0.1) is 0 Å². The van der Waals surface area contributed by atoms with Crippen molar-refractivity contribution < 1.29 is 13.2 Å². The molecule has 4 aromatic rings. The van der Waals surface area contributed by atoms with Crippen LogP contribution in [0.2, 0.25) is 0 Å². The van der Waals surface area contributed by atoms with Crippen LogP contribution in [0.3, 0.4) is 0 Å². The maximum absolute atomic E-state index is 13.5. The summed E-state index contributed by atoms with van der Waals surface area (Å²) in [5, 5.41) is 0. The first-order chi connectivity index (χ1) is 17.2. The highest BCUT2D eigenvalue weighted by molar-refractivity contribution is 5.86. The molecule has 0 atom stereocenters. The van der Waals surface area contributed by atoms with E-state index in [9.17, 15) is 13.2 Å². The van der Waals surface area contributed by atoms with Gasteiger partial charge in [-0.05, 0) is 109 Å². The number of hydrogen-bond acceptors (Lipinski definition) is 0. The fourth-order valence-corrected chi connectivity index (χ4v) is 5.49. The number of halogens is 3. The van der Waals surface area contributed by atoms with Crippen molar-refractivity contribution in [1.29, 1.82) is 0 Å². The predicted molar refractivity (Wildman–Crippen MR) is 148 cm³/mol. The number of fused-ring (bicyclic) bond motifs is 3. The van der Waals surface area contributed by atoms with Crippen molar-refractivity contribution in [3.8, 4) is 33.4 Å². The van der Waals surface area contributed by atoms with Gasteiger partial charge in [0.05, 0.1) is 5.56 Å². The highest BCUT2D eigenvalue weighted by Gasteiger charge is 2.32. The number of rotatable bonds is 2. The average molecular weight is 499 g/mol. The molecule has 0 N–H and O–H groups in total. The molecule has 4 aromatic carbocycles. The van der Waals surface area contributed by atoms with Gasteiger partial charge in [0.2, 0.25) is 0 Å². The second-order valence-electron chi connectivity index (χ2n) is 12.2. The van der Waals surface area contributed by atoms with Crippen LogP contribution in [0.4, 0.5) is 13.2 Å². The van der Waals surface area contributed by atoms with E-state index in [1.807, 2.05) is 6.07 Å². The van der Waals surface area contributed by atoms with Crippen LogP contribution in [-0.2, 0) is 23.4 Å². The molecule has 0 heterocycles. The van der Waals surface area contributed by atoms with Crippen LogP contribution in [-0.4, -0.2) is 0 Å². The molecular formula is C34H33F3. The number of benzene rings is 4. The van der Waals surface area contributed by atoms with E-state index < -0.39 is 11.7 Å². The third-order valence-electron chi connectivity index (χ3n) is 7.36. The van der Waals surface area contributed by atoms with Crippen LogP contribution >= 0.6 is 0 Å². The first kappa shape index (κ1) is 25.3. The summed E-state index contributed by atoms with van der Waals surface area (Å²) in [4.78, 5) is 0.